The van der Waals surface area contributed by atoms with Crippen LogP contribution < -0.4 is 5.73 Å². The molecule has 6 heteroatoms. The number of rotatable bonds is 5. The maximum absolute atomic E-state index is 12.8. The SMILES string of the molecule is CCCc1ccc(S(=O)(=O)N2CCCCC2C(N)=S)cc1. The number of thiocarbonyl (C=S) groups is 1. The zero-order chi connectivity index (χ0) is 15.5. The minimum atomic E-state index is -3.52. The zero-order valence-corrected chi connectivity index (χ0v) is 13.9. The van der Waals surface area contributed by atoms with Crippen LogP contribution >= 0.6 is 12.2 Å². The molecule has 1 atom stereocenters. The monoisotopic (exact) mass is 326 g/mol. The molecule has 1 heterocycles. The topological polar surface area (TPSA) is 63.4 Å². The zero-order valence-electron chi connectivity index (χ0n) is 12.3. The fourth-order valence-corrected chi connectivity index (χ4v) is 4.72. The van der Waals surface area contributed by atoms with E-state index < -0.39 is 10.0 Å². The molecule has 1 aromatic rings. The third-order valence-electron chi connectivity index (χ3n) is 3.85. The lowest BCUT2D eigenvalue weighted by atomic mass is 10.1. The van der Waals surface area contributed by atoms with Gasteiger partial charge in [0.2, 0.25) is 10.0 Å². The van der Waals surface area contributed by atoms with Crippen LogP contribution in [0.4, 0.5) is 0 Å². The van der Waals surface area contributed by atoms with Crippen molar-refractivity contribution in [2.24, 2.45) is 5.73 Å². The van der Waals surface area contributed by atoms with Crippen LogP contribution in [0.2, 0.25) is 0 Å². The highest BCUT2D eigenvalue weighted by molar-refractivity contribution is 7.89. The van der Waals surface area contributed by atoms with Gasteiger partial charge in [-0.25, -0.2) is 8.42 Å². The van der Waals surface area contributed by atoms with Gasteiger partial charge < -0.3 is 5.73 Å². The van der Waals surface area contributed by atoms with E-state index in [1.165, 1.54) is 4.31 Å². The highest BCUT2D eigenvalue weighted by Gasteiger charge is 2.34. The molecular formula is C15H22N2O2S2. The summed E-state index contributed by atoms with van der Waals surface area (Å²) in [5.74, 6) is 0. The van der Waals surface area contributed by atoms with Crippen LogP contribution in [-0.4, -0.2) is 30.3 Å². The molecular weight excluding hydrogens is 304 g/mol. The van der Waals surface area contributed by atoms with E-state index in [1.807, 2.05) is 12.1 Å². The number of hydrogen-bond acceptors (Lipinski definition) is 3. The molecule has 2 N–H and O–H groups in total. The Hall–Kier alpha value is -0.980. The highest BCUT2D eigenvalue weighted by atomic mass is 32.2. The summed E-state index contributed by atoms with van der Waals surface area (Å²) >= 11 is 5.04. The van der Waals surface area contributed by atoms with Gasteiger partial charge in [-0.2, -0.15) is 4.31 Å². The molecule has 1 aliphatic rings. The van der Waals surface area contributed by atoms with Crippen LogP contribution in [-0.2, 0) is 16.4 Å². The van der Waals surface area contributed by atoms with E-state index in [4.69, 9.17) is 18.0 Å². The van der Waals surface area contributed by atoms with Crippen LogP contribution in [0.3, 0.4) is 0 Å². The number of nitrogens with zero attached hydrogens (tertiary/aromatic N) is 1. The van der Waals surface area contributed by atoms with Gasteiger partial charge in [0.25, 0.3) is 0 Å². The Bertz CT molecular complexity index is 597. The smallest absolute Gasteiger partial charge is 0.243 e. The van der Waals surface area contributed by atoms with Gasteiger partial charge in [0.05, 0.1) is 15.9 Å². The second kappa shape index (κ2) is 6.85. The Morgan fingerprint density at radius 3 is 2.57 bits per heavy atom. The van der Waals surface area contributed by atoms with Gasteiger partial charge in [-0.3, -0.25) is 0 Å². The van der Waals surface area contributed by atoms with Crippen molar-refractivity contribution in [2.45, 2.75) is 50.0 Å². The maximum atomic E-state index is 12.8. The summed E-state index contributed by atoms with van der Waals surface area (Å²) in [6.45, 7) is 2.59. The first-order valence-corrected chi connectivity index (χ1v) is 9.21. The molecule has 0 radical (unpaired) electrons. The van der Waals surface area contributed by atoms with Gasteiger partial charge in [-0.1, -0.05) is 44.1 Å². The van der Waals surface area contributed by atoms with Crippen LogP contribution in [0.15, 0.2) is 29.2 Å². The first-order valence-electron chi connectivity index (χ1n) is 7.37. The molecule has 1 aromatic carbocycles. The molecule has 0 amide bonds. The van der Waals surface area contributed by atoms with Crippen LogP contribution in [0.1, 0.15) is 38.2 Å². The Balaban J connectivity index is 2.29. The first-order chi connectivity index (χ1) is 9.96. The summed E-state index contributed by atoms with van der Waals surface area (Å²) in [5, 5.41) is 0. The largest absolute Gasteiger partial charge is 0.392 e. The van der Waals surface area contributed by atoms with E-state index in [9.17, 15) is 8.42 Å². The molecule has 0 bridgehead atoms. The van der Waals surface area contributed by atoms with Gasteiger partial charge in [0.1, 0.15) is 0 Å². The number of piperidine rings is 1. The lowest BCUT2D eigenvalue weighted by molar-refractivity contribution is 0.306. The number of hydrogen-bond donors (Lipinski definition) is 1. The van der Waals surface area contributed by atoms with Crippen molar-refractivity contribution < 1.29 is 8.42 Å². The molecule has 116 valence electrons. The van der Waals surface area contributed by atoms with Gasteiger partial charge in [-0.15, -0.1) is 0 Å². The number of nitrogens with two attached hydrogens (primary N) is 1. The van der Waals surface area contributed by atoms with Gasteiger partial charge >= 0.3 is 0 Å². The summed E-state index contributed by atoms with van der Waals surface area (Å²) in [5.41, 5.74) is 6.88. The molecule has 21 heavy (non-hydrogen) atoms. The van der Waals surface area contributed by atoms with E-state index in [1.54, 1.807) is 12.1 Å². The van der Waals surface area contributed by atoms with Gasteiger partial charge in [0, 0.05) is 6.54 Å². The highest BCUT2D eigenvalue weighted by Crippen LogP contribution is 2.26. The lowest BCUT2D eigenvalue weighted by Crippen LogP contribution is -2.49. The molecule has 0 saturated carbocycles. The van der Waals surface area contributed by atoms with Crippen molar-refractivity contribution in [3.8, 4) is 0 Å². The maximum Gasteiger partial charge on any atom is 0.243 e. The van der Waals surface area contributed by atoms with Crippen LogP contribution in [0, 0.1) is 0 Å². The number of sulfonamides is 1. The van der Waals surface area contributed by atoms with Crippen LogP contribution in [0.5, 0.6) is 0 Å². The third-order valence-corrected chi connectivity index (χ3v) is 6.05. The quantitative estimate of drug-likeness (QED) is 0.844. The molecule has 0 aliphatic carbocycles. The Morgan fingerprint density at radius 1 is 1.33 bits per heavy atom. The summed E-state index contributed by atoms with van der Waals surface area (Å²) in [6.07, 6.45) is 4.53. The molecule has 0 spiro atoms. The molecule has 1 fully saturated rings. The average molecular weight is 326 g/mol. The predicted octanol–water partition coefficient (Wildman–Crippen LogP) is 2.47. The minimum absolute atomic E-state index is 0.265. The normalized spacial score (nSPS) is 20.3. The van der Waals surface area contributed by atoms with E-state index in [2.05, 4.69) is 6.92 Å². The Labute approximate surface area is 132 Å². The second-order valence-electron chi connectivity index (χ2n) is 5.42. The molecule has 0 aromatic heterocycles. The van der Waals surface area contributed by atoms with Crippen LogP contribution in [0.25, 0.3) is 0 Å². The summed E-state index contributed by atoms with van der Waals surface area (Å²) in [4.78, 5) is 0.589. The van der Waals surface area contributed by atoms with E-state index in [0.29, 0.717) is 17.9 Å². The average Bonchev–Trinajstić information content (AvgIpc) is 2.48. The van der Waals surface area contributed by atoms with Crippen molar-refractivity contribution in [1.82, 2.24) is 4.31 Å². The van der Waals surface area contributed by atoms with Gasteiger partial charge in [0.15, 0.2) is 0 Å². The van der Waals surface area contributed by atoms with Crippen molar-refractivity contribution >= 4 is 27.2 Å². The van der Waals surface area contributed by atoms with E-state index in [-0.39, 0.29) is 11.0 Å². The lowest BCUT2D eigenvalue weighted by Gasteiger charge is -2.33. The fraction of sp³-hybridized carbons (Fsp3) is 0.533. The van der Waals surface area contributed by atoms with Crippen molar-refractivity contribution in [3.05, 3.63) is 29.8 Å². The summed E-state index contributed by atoms with van der Waals surface area (Å²) in [6, 6.07) is 6.79. The fourth-order valence-electron chi connectivity index (χ4n) is 2.73. The minimum Gasteiger partial charge on any atom is -0.392 e. The van der Waals surface area contributed by atoms with Crippen molar-refractivity contribution in [3.63, 3.8) is 0 Å². The summed E-state index contributed by atoms with van der Waals surface area (Å²) in [7, 11) is -3.52. The molecule has 1 unspecified atom stereocenters. The van der Waals surface area contributed by atoms with Gasteiger partial charge in [-0.05, 0) is 37.0 Å². The molecule has 2 rings (SSSR count). The summed E-state index contributed by atoms with van der Waals surface area (Å²) < 4.78 is 27.0. The van der Waals surface area contributed by atoms with Crippen molar-refractivity contribution in [1.29, 1.82) is 0 Å². The van der Waals surface area contributed by atoms with Crippen molar-refractivity contribution in [2.75, 3.05) is 6.54 Å². The second-order valence-corrected chi connectivity index (χ2v) is 7.79. The molecule has 1 saturated heterocycles. The standard InChI is InChI=1S/C15H22N2O2S2/c1-2-5-12-7-9-13(10-8-12)21(18,19)17-11-4-3-6-14(17)15(16)20/h7-10,14H,2-6,11H2,1H3,(H2,16,20). The Kier molecular flexibility index (Phi) is 5.35. The number of benzene rings is 1. The molecule has 1 aliphatic heterocycles. The molecule has 4 nitrogen and oxygen atoms in total. The first kappa shape index (κ1) is 16.4. The third kappa shape index (κ3) is 3.62. The van der Waals surface area contributed by atoms with E-state index in [0.717, 1.165) is 31.2 Å². The Morgan fingerprint density at radius 2 is 2.00 bits per heavy atom. The number of aryl methyl sites for hydroxylation is 1. The van der Waals surface area contributed by atoms with E-state index >= 15 is 0 Å². The predicted molar refractivity (Wildman–Crippen MR) is 88.8 cm³/mol.